The Bertz CT molecular complexity index is 593. The Morgan fingerprint density at radius 1 is 1.45 bits per heavy atom. The molecule has 7 nitrogen and oxygen atoms in total. The van der Waals surface area contributed by atoms with Crippen LogP contribution in [0.1, 0.15) is 27.9 Å². The van der Waals surface area contributed by atoms with Crippen LogP contribution in [0.3, 0.4) is 0 Å². The van der Waals surface area contributed by atoms with Crippen molar-refractivity contribution in [3.8, 4) is 0 Å². The molecule has 1 rings (SSSR count). The van der Waals surface area contributed by atoms with Crippen LogP contribution in [-0.4, -0.2) is 23.9 Å². The molecule has 0 radical (unpaired) electrons. The van der Waals surface area contributed by atoms with Gasteiger partial charge >= 0.3 is 5.97 Å². The Hall–Kier alpha value is -2.70. The molecule has 2 N–H and O–H groups in total. The smallest absolute Gasteiger partial charge is 0.338 e. The van der Waals surface area contributed by atoms with E-state index in [0.717, 1.165) is 0 Å². The number of amides is 1. The zero-order chi connectivity index (χ0) is 15.3. The molecule has 1 aromatic rings. The van der Waals surface area contributed by atoms with E-state index in [-0.39, 0.29) is 23.2 Å². The Kier molecular flexibility index (Phi) is 4.96. The van der Waals surface area contributed by atoms with Crippen molar-refractivity contribution >= 4 is 23.6 Å². The van der Waals surface area contributed by atoms with Crippen molar-refractivity contribution in [3.05, 3.63) is 45.0 Å². The first-order chi connectivity index (χ1) is 9.36. The second-order valence-electron chi connectivity index (χ2n) is 4.03. The Labute approximate surface area is 115 Å². The van der Waals surface area contributed by atoms with E-state index in [2.05, 4.69) is 4.74 Å². The van der Waals surface area contributed by atoms with E-state index < -0.39 is 16.8 Å². The van der Waals surface area contributed by atoms with Crippen molar-refractivity contribution in [3.63, 3.8) is 0 Å². The molecule has 0 aliphatic rings. The van der Waals surface area contributed by atoms with Gasteiger partial charge in [0.15, 0.2) is 0 Å². The summed E-state index contributed by atoms with van der Waals surface area (Å²) in [5.74, 6) is -1.17. The maximum absolute atomic E-state index is 11.6. The number of carbonyl (C=O) groups is 2. The molecule has 7 heteroatoms. The predicted molar refractivity (Wildman–Crippen MR) is 72.0 cm³/mol. The van der Waals surface area contributed by atoms with Crippen LogP contribution in [0.2, 0.25) is 0 Å². The summed E-state index contributed by atoms with van der Waals surface area (Å²) >= 11 is 0. The minimum absolute atomic E-state index is 0.00916. The van der Waals surface area contributed by atoms with Crippen molar-refractivity contribution in [2.45, 2.75) is 13.3 Å². The predicted octanol–water partition coefficient (Wildman–Crippen LogP) is 1.58. The van der Waals surface area contributed by atoms with Crippen LogP contribution in [0.4, 0.5) is 5.69 Å². The summed E-state index contributed by atoms with van der Waals surface area (Å²) in [5, 5.41) is 11.0. The summed E-state index contributed by atoms with van der Waals surface area (Å²) in [6.07, 6.45) is 2.97. The Balaban J connectivity index is 3.29. The number of hydrogen-bond acceptors (Lipinski definition) is 5. The maximum Gasteiger partial charge on any atom is 0.338 e. The molecule has 0 aliphatic heterocycles. The number of carbonyl (C=O) groups excluding carboxylic acids is 2. The van der Waals surface area contributed by atoms with E-state index >= 15 is 0 Å². The molecule has 0 heterocycles. The van der Waals surface area contributed by atoms with Gasteiger partial charge in [-0.3, -0.25) is 14.9 Å². The van der Waals surface area contributed by atoms with Crippen LogP contribution in [0.15, 0.2) is 18.2 Å². The Morgan fingerprint density at radius 2 is 2.10 bits per heavy atom. The van der Waals surface area contributed by atoms with Crippen molar-refractivity contribution in [1.82, 2.24) is 0 Å². The number of nitro groups is 1. The molecule has 0 fully saturated rings. The van der Waals surface area contributed by atoms with Gasteiger partial charge in [0.05, 0.1) is 17.6 Å². The highest BCUT2D eigenvalue weighted by molar-refractivity contribution is 5.93. The molecule has 1 aromatic carbocycles. The zero-order valence-electron chi connectivity index (χ0n) is 11.1. The van der Waals surface area contributed by atoms with Crippen LogP contribution in [0, 0.1) is 17.0 Å². The normalized spacial score (nSPS) is 10.5. The molecular formula is C13H14N2O5. The fraction of sp³-hybridized carbons (Fsp3) is 0.231. The number of hydrogen-bond donors (Lipinski definition) is 1. The number of nitrogens with zero attached hydrogens (tertiary/aromatic N) is 1. The van der Waals surface area contributed by atoms with Crippen molar-refractivity contribution in [2.24, 2.45) is 5.73 Å². The van der Waals surface area contributed by atoms with E-state index in [1.807, 2.05) is 0 Å². The van der Waals surface area contributed by atoms with Gasteiger partial charge < -0.3 is 10.5 Å². The molecular weight excluding hydrogens is 264 g/mol. The van der Waals surface area contributed by atoms with Gasteiger partial charge in [0.2, 0.25) is 5.91 Å². The van der Waals surface area contributed by atoms with Crippen molar-refractivity contribution in [1.29, 1.82) is 0 Å². The van der Waals surface area contributed by atoms with Crippen LogP contribution in [0.25, 0.3) is 6.08 Å². The van der Waals surface area contributed by atoms with Gasteiger partial charge in [0.25, 0.3) is 5.69 Å². The van der Waals surface area contributed by atoms with Gasteiger partial charge in [0.1, 0.15) is 0 Å². The number of primary amides is 1. The lowest BCUT2D eigenvalue weighted by Gasteiger charge is -2.06. The zero-order valence-corrected chi connectivity index (χ0v) is 11.1. The van der Waals surface area contributed by atoms with Crippen molar-refractivity contribution in [2.75, 3.05) is 7.11 Å². The second-order valence-corrected chi connectivity index (χ2v) is 4.03. The first-order valence-electron chi connectivity index (χ1n) is 5.69. The molecule has 1 amide bonds. The lowest BCUT2D eigenvalue weighted by molar-refractivity contribution is -0.385. The average Bonchev–Trinajstić information content (AvgIpc) is 2.38. The molecule has 0 atom stereocenters. The number of nitrogens with two attached hydrogens (primary N) is 1. The first kappa shape index (κ1) is 15.4. The molecule has 0 spiro atoms. The standard InChI is InChI=1S/C13H14N2O5/c1-8-10(13(17)20-2)6-9(4-3-5-12(14)16)7-11(8)15(18)19/h3-4,6-7H,5H2,1-2H3,(H2,14,16). The summed E-state index contributed by atoms with van der Waals surface area (Å²) in [6, 6.07) is 2.78. The molecule has 20 heavy (non-hydrogen) atoms. The van der Waals surface area contributed by atoms with Crippen LogP contribution in [-0.2, 0) is 9.53 Å². The Morgan fingerprint density at radius 3 is 2.60 bits per heavy atom. The van der Waals surface area contributed by atoms with Gasteiger partial charge in [-0.05, 0) is 18.6 Å². The SMILES string of the molecule is COC(=O)c1cc(C=CCC(N)=O)cc([N+](=O)[O-])c1C. The topological polar surface area (TPSA) is 113 Å². The lowest BCUT2D eigenvalue weighted by atomic mass is 10.0. The maximum atomic E-state index is 11.6. The number of ether oxygens (including phenoxy) is 1. The molecule has 0 bridgehead atoms. The highest BCUT2D eigenvalue weighted by Crippen LogP contribution is 2.25. The molecule has 0 aliphatic carbocycles. The van der Waals surface area contributed by atoms with Crippen molar-refractivity contribution < 1.29 is 19.2 Å². The third-order valence-corrected chi connectivity index (χ3v) is 2.63. The first-order valence-corrected chi connectivity index (χ1v) is 5.69. The third-order valence-electron chi connectivity index (χ3n) is 2.63. The van der Waals surface area contributed by atoms with Gasteiger partial charge in [-0.1, -0.05) is 12.2 Å². The van der Waals surface area contributed by atoms with Gasteiger partial charge in [-0.2, -0.15) is 0 Å². The van der Waals surface area contributed by atoms with Gasteiger partial charge in [-0.15, -0.1) is 0 Å². The van der Waals surface area contributed by atoms with Gasteiger partial charge in [-0.25, -0.2) is 4.79 Å². The fourth-order valence-corrected chi connectivity index (χ4v) is 1.64. The highest BCUT2D eigenvalue weighted by atomic mass is 16.6. The number of esters is 1. The summed E-state index contributed by atoms with van der Waals surface area (Å²) in [4.78, 5) is 32.6. The van der Waals surface area contributed by atoms with E-state index in [0.29, 0.717) is 5.56 Å². The summed E-state index contributed by atoms with van der Waals surface area (Å²) in [7, 11) is 1.20. The summed E-state index contributed by atoms with van der Waals surface area (Å²) < 4.78 is 4.59. The van der Waals surface area contributed by atoms with Gasteiger partial charge in [0, 0.05) is 18.1 Å². The minimum atomic E-state index is -0.657. The van der Waals surface area contributed by atoms with E-state index in [9.17, 15) is 19.7 Å². The number of benzene rings is 1. The number of nitro benzene ring substituents is 1. The van der Waals surface area contributed by atoms with Crippen LogP contribution < -0.4 is 5.73 Å². The summed E-state index contributed by atoms with van der Waals surface area (Å²) in [6.45, 7) is 1.47. The largest absolute Gasteiger partial charge is 0.465 e. The average molecular weight is 278 g/mol. The molecule has 0 saturated heterocycles. The van der Waals surface area contributed by atoms with Crippen LogP contribution in [0.5, 0.6) is 0 Å². The second kappa shape index (κ2) is 6.46. The number of methoxy groups -OCH3 is 1. The molecule has 0 aromatic heterocycles. The quantitative estimate of drug-likeness (QED) is 0.499. The monoisotopic (exact) mass is 278 g/mol. The highest BCUT2D eigenvalue weighted by Gasteiger charge is 2.20. The van der Waals surface area contributed by atoms with Crippen LogP contribution >= 0.6 is 0 Å². The third kappa shape index (κ3) is 3.64. The lowest BCUT2D eigenvalue weighted by Crippen LogP contribution is -2.08. The molecule has 106 valence electrons. The van der Waals surface area contributed by atoms with E-state index in [4.69, 9.17) is 5.73 Å². The van der Waals surface area contributed by atoms with E-state index in [1.54, 1.807) is 0 Å². The fourth-order valence-electron chi connectivity index (χ4n) is 1.64. The molecule has 0 saturated carbocycles. The minimum Gasteiger partial charge on any atom is -0.465 e. The van der Waals surface area contributed by atoms with E-state index in [1.165, 1.54) is 38.3 Å². The summed E-state index contributed by atoms with van der Waals surface area (Å²) in [5.41, 5.74) is 5.56. The molecule has 0 unspecified atom stereocenters. The number of rotatable bonds is 5.